The summed E-state index contributed by atoms with van der Waals surface area (Å²) in [7, 11) is 0. The van der Waals surface area contributed by atoms with Crippen LogP contribution in [0.4, 0.5) is 0 Å². The number of aryl methyl sites for hydroxylation is 1. The van der Waals surface area contributed by atoms with Crippen molar-refractivity contribution >= 4 is 54.9 Å². The Labute approximate surface area is 143 Å². The van der Waals surface area contributed by atoms with Crippen molar-refractivity contribution in [2.24, 2.45) is 0 Å². The molecule has 0 unspecified atom stereocenters. The summed E-state index contributed by atoms with van der Waals surface area (Å²) >= 11 is 10.4. The number of pyridine rings is 1. The van der Waals surface area contributed by atoms with Gasteiger partial charge in [0.25, 0.3) is 0 Å². The molecule has 2 aromatic heterocycles. The first-order chi connectivity index (χ1) is 10.5. The van der Waals surface area contributed by atoms with Crippen LogP contribution < -0.4 is 4.74 Å². The second kappa shape index (κ2) is 5.87. The highest BCUT2D eigenvalue weighted by Gasteiger charge is 2.18. The van der Waals surface area contributed by atoms with Crippen LogP contribution in [0.2, 0.25) is 5.02 Å². The lowest BCUT2D eigenvalue weighted by Crippen LogP contribution is -1.92. The molecule has 4 nitrogen and oxygen atoms in total. The van der Waals surface area contributed by atoms with Crippen LogP contribution in [0.15, 0.2) is 34.9 Å². The first kappa shape index (κ1) is 15.3. The highest BCUT2D eigenvalue weighted by Crippen LogP contribution is 2.40. The van der Waals surface area contributed by atoms with E-state index in [4.69, 9.17) is 16.3 Å². The van der Waals surface area contributed by atoms with Gasteiger partial charge in [-0.1, -0.05) is 11.6 Å². The lowest BCUT2D eigenvalue weighted by molar-refractivity contribution is 0.0702. The van der Waals surface area contributed by atoms with Crippen molar-refractivity contribution < 1.29 is 14.6 Å². The Morgan fingerprint density at radius 1 is 1.36 bits per heavy atom. The minimum absolute atomic E-state index is 0.240. The third kappa shape index (κ3) is 2.82. The van der Waals surface area contributed by atoms with E-state index in [1.165, 1.54) is 0 Å². The fraction of sp³-hybridized carbons (Fsp3) is 0.0667. The highest BCUT2D eigenvalue weighted by molar-refractivity contribution is 9.10. The normalized spacial score (nSPS) is 10.9. The summed E-state index contributed by atoms with van der Waals surface area (Å²) in [5, 5.41) is 10.5. The zero-order valence-corrected chi connectivity index (χ0v) is 14.4. The van der Waals surface area contributed by atoms with Crippen molar-refractivity contribution in [1.82, 2.24) is 4.98 Å². The number of benzene rings is 1. The van der Waals surface area contributed by atoms with Crippen molar-refractivity contribution in [3.05, 3.63) is 50.5 Å². The predicted molar refractivity (Wildman–Crippen MR) is 90.5 cm³/mol. The molecule has 3 rings (SSSR count). The van der Waals surface area contributed by atoms with Crippen molar-refractivity contribution in [2.75, 3.05) is 0 Å². The molecule has 0 saturated heterocycles. The predicted octanol–water partition coefficient (Wildman–Crippen LogP) is 5.51. The second-order valence-corrected chi connectivity index (χ2v) is 6.77. The van der Waals surface area contributed by atoms with Crippen LogP contribution in [0, 0.1) is 6.92 Å². The Morgan fingerprint density at radius 3 is 2.68 bits per heavy atom. The summed E-state index contributed by atoms with van der Waals surface area (Å²) in [6.07, 6.45) is 0. The Bertz CT molecular complexity index is 877. The summed E-state index contributed by atoms with van der Waals surface area (Å²) in [5.41, 5.74) is 0.670. The molecule has 0 aliphatic rings. The number of aromatic nitrogens is 1. The van der Waals surface area contributed by atoms with E-state index in [1.54, 1.807) is 30.3 Å². The highest BCUT2D eigenvalue weighted by atomic mass is 79.9. The monoisotopic (exact) mass is 397 g/mol. The van der Waals surface area contributed by atoms with Crippen LogP contribution in [-0.4, -0.2) is 16.1 Å². The molecule has 0 fully saturated rings. The number of carbonyl (C=O) groups is 1. The van der Waals surface area contributed by atoms with Gasteiger partial charge in [0.05, 0.1) is 10.4 Å². The van der Waals surface area contributed by atoms with E-state index in [9.17, 15) is 9.90 Å². The Hall–Kier alpha value is -1.63. The van der Waals surface area contributed by atoms with Gasteiger partial charge in [0, 0.05) is 10.4 Å². The molecule has 0 radical (unpaired) electrons. The fourth-order valence-electron chi connectivity index (χ4n) is 2.01. The summed E-state index contributed by atoms with van der Waals surface area (Å²) < 4.78 is 7.25. The summed E-state index contributed by atoms with van der Waals surface area (Å²) in [5.74, 6) is 0.188. The molecule has 3 aromatic rings. The van der Waals surface area contributed by atoms with Crippen LogP contribution in [0.25, 0.3) is 10.1 Å². The number of thiophene rings is 1. The van der Waals surface area contributed by atoms with E-state index in [1.807, 2.05) is 6.92 Å². The van der Waals surface area contributed by atoms with Crippen molar-refractivity contribution in [3.63, 3.8) is 0 Å². The number of carboxylic acid groups (broad SMARTS) is 1. The molecule has 0 saturated carbocycles. The van der Waals surface area contributed by atoms with Gasteiger partial charge in [-0.2, -0.15) is 0 Å². The van der Waals surface area contributed by atoms with Crippen molar-refractivity contribution in [1.29, 1.82) is 0 Å². The zero-order chi connectivity index (χ0) is 15.9. The number of ether oxygens (including phenoxy) is 1. The van der Waals surface area contributed by atoms with E-state index in [0.717, 1.165) is 21.4 Å². The van der Waals surface area contributed by atoms with Crippen LogP contribution in [-0.2, 0) is 0 Å². The molecule has 1 N–H and O–H groups in total. The SMILES string of the molecule is Cc1nc(Br)c2sc(C(=O)O)cc2c1Oc1ccc(Cl)cc1. The number of hydrogen-bond donors (Lipinski definition) is 1. The van der Waals surface area contributed by atoms with Crippen LogP contribution in [0.1, 0.15) is 15.4 Å². The molecule has 0 aliphatic carbocycles. The van der Waals surface area contributed by atoms with Crippen LogP contribution in [0.5, 0.6) is 11.5 Å². The molecule has 22 heavy (non-hydrogen) atoms. The van der Waals surface area contributed by atoms with Gasteiger partial charge in [0.1, 0.15) is 15.2 Å². The number of rotatable bonds is 3. The molecule has 0 aliphatic heterocycles. The standard InChI is InChI=1S/C15H9BrClNO3S/c1-7-12(21-9-4-2-8(17)3-5-9)10-6-11(15(19)20)22-13(10)14(16)18-7/h2-6H,1H3,(H,19,20). The average Bonchev–Trinajstić information content (AvgIpc) is 2.91. The van der Waals surface area contributed by atoms with Gasteiger partial charge in [0.15, 0.2) is 5.75 Å². The Balaban J connectivity index is 2.15. The van der Waals surface area contributed by atoms with Gasteiger partial charge in [-0.15, -0.1) is 11.3 Å². The van der Waals surface area contributed by atoms with Gasteiger partial charge >= 0.3 is 5.97 Å². The van der Waals surface area contributed by atoms with Gasteiger partial charge in [-0.3, -0.25) is 0 Å². The summed E-state index contributed by atoms with van der Waals surface area (Å²) in [6, 6.07) is 8.56. The third-order valence-corrected chi connectivity index (χ3v) is 5.22. The maximum atomic E-state index is 11.2. The van der Waals surface area contributed by atoms with E-state index in [2.05, 4.69) is 20.9 Å². The number of nitrogens with zero attached hydrogens (tertiary/aromatic N) is 1. The Kier molecular flexibility index (Phi) is 4.08. The van der Waals surface area contributed by atoms with Crippen LogP contribution in [0.3, 0.4) is 0 Å². The topological polar surface area (TPSA) is 59.4 Å². The quantitative estimate of drug-likeness (QED) is 0.591. The fourth-order valence-corrected chi connectivity index (χ4v) is 3.74. The van der Waals surface area contributed by atoms with Gasteiger partial charge in [-0.25, -0.2) is 9.78 Å². The molecule has 0 atom stereocenters. The maximum absolute atomic E-state index is 11.2. The van der Waals surface area contributed by atoms with Gasteiger partial charge in [-0.05, 0) is 53.2 Å². The molecule has 0 bridgehead atoms. The minimum Gasteiger partial charge on any atom is -0.477 e. The van der Waals surface area contributed by atoms with E-state index in [0.29, 0.717) is 26.8 Å². The molecule has 112 valence electrons. The first-order valence-electron chi connectivity index (χ1n) is 6.22. The van der Waals surface area contributed by atoms with Crippen molar-refractivity contribution in [2.45, 2.75) is 6.92 Å². The second-order valence-electron chi connectivity index (χ2n) is 4.53. The van der Waals surface area contributed by atoms with Gasteiger partial charge in [0.2, 0.25) is 0 Å². The first-order valence-corrected chi connectivity index (χ1v) is 8.21. The molecule has 2 heterocycles. The third-order valence-electron chi connectivity index (χ3n) is 3.00. The molecule has 0 amide bonds. The number of hydrogen-bond acceptors (Lipinski definition) is 4. The lowest BCUT2D eigenvalue weighted by Gasteiger charge is -2.10. The van der Waals surface area contributed by atoms with E-state index in [-0.39, 0.29) is 4.88 Å². The van der Waals surface area contributed by atoms with E-state index < -0.39 is 5.97 Å². The number of carboxylic acids is 1. The average molecular weight is 399 g/mol. The number of aromatic carboxylic acids is 1. The molecule has 7 heteroatoms. The largest absolute Gasteiger partial charge is 0.477 e. The molecule has 1 aromatic carbocycles. The van der Waals surface area contributed by atoms with Crippen molar-refractivity contribution in [3.8, 4) is 11.5 Å². The van der Waals surface area contributed by atoms with Gasteiger partial charge < -0.3 is 9.84 Å². The minimum atomic E-state index is -0.969. The van der Waals surface area contributed by atoms with Crippen LogP contribution >= 0.6 is 38.9 Å². The van der Waals surface area contributed by atoms with E-state index >= 15 is 0 Å². The Morgan fingerprint density at radius 2 is 2.05 bits per heavy atom. The molecular weight excluding hydrogens is 390 g/mol. The summed E-state index contributed by atoms with van der Waals surface area (Å²) in [6.45, 7) is 1.81. The zero-order valence-electron chi connectivity index (χ0n) is 11.3. The molecule has 0 spiro atoms. The lowest BCUT2D eigenvalue weighted by atomic mass is 10.2. The number of fused-ring (bicyclic) bond motifs is 1. The smallest absolute Gasteiger partial charge is 0.345 e. The number of halogens is 2. The summed E-state index contributed by atoms with van der Waals surface area (Å²) in [4.78, 5) is 15.8. The maximum Gasteiger partial charge on any atom is 0.345 e. The molecular formula is C15H9BrClNO3S.